The second-order valence-electron chi connectivity index (χ2n) is 7.47. The highest BCUT2D eigenvalue weighted by Gasteiger charge is 2.78. The standard InChI is InChI=1S/C17H24O5/c1-12(9-13(18)19)5-6-17-14(2,3)10-16(20-7-8-21-16)11-15(17,4)22-17/h5-6,9H,7-8,10-11H2,1-4H3,(H,18,19)/t15-,17?/m1/s1. The van der Waals surface area contributed by atoms with Gasteiger partial charge in [0.2, 0.25) is 0 Å². The van der Waals surface area contributed by atoms with E-state index in [9.17, 15) is 4.79 Å². The summed E-state index contributed by atoms with van der Waals surface area (Å²) in [5.41, 5.74) is -0.193. The lowest BCUT2D eigenvalue weighted by molar-refractivity contribution is -0.201. The first-order chi connectivity index (χ1) is 10.1. The van der Waals surface area contributed by atoms with Gasteiger partial charge in [-0.15, -0.1) is 0 Å². The smallest absolute Gasteiger partial charge is 0.328 e. The van der Waals surface area contributed by atoms with Crippen molar-refractivity contribution in [2.24, 2.45) is 5.41 Å². The van der Waals surface area contributed by atoms with E-state index in [1.165, 1.54) is 6.08 Å². The molecule has 1 unspecified atom stereocenters. The largest absolute Gasteiger partial charge is 0.478 e. The van der Waals surface area contributed by atoms with Crippen molar-refractivity contribution in [2.45, 2.75) is 57.5 Å². The van der Waals surface area contributed by atoms with E-state index in [1.54, 1.807) is 6.92 Å². The molecule has 3 aliphatic rings. The molecule has 3 rings (SSSR count). The Hall–Kier alpha value is -1.17. The fraction of sp³-hybridized carbons (Fsp3) is 0.706. The summed E-state index contributed by atoms with van der Waals surface area (Å²) in [6.07, 6.45) is 6.53. The zero-order valence-electron chi connectivity index (χ0n) is 13.6. The molecule has 5 heteroatoms. The lowest BCUT2D eigenvalue weighted by atomic mass is 9.61. The molecule has 1 spiro atoms. The number of hydrogen-bond donors (Lipinski definition) is 1. The Bertz CT molecular complexity index is 555. The molecule has 0 aromatic heterocycles. The van der Waals surface area contributed by atoms with Gasteiger partial charge in [0.15, 0.2) is 5.79 Å². The number of epoxide rings is 1. The van der Waals surface area contributed by atoms with Crippen LogP contribution < -0.4 is 0 Å². The van der Waals surface area contributed by atoms with Crippen molar-refractivity contribution >= 4 is 5.97 Å². The number of fused-ring (bicyclic) bond motifs is 1. The fourth-order valence-electron chi connectivity index (χ4n) is 4.36. The average Bonchev–Trinajstić information content (AvgIpc) is 2.73. The van der Waals surface area contributed by atoms with E-state index >= 15 is 0 Å². The van der Waals surface area contributed by atoms with Crippen molar-refractivity contribution in [2.75, 3.05) is 13.2 Å². The van der Waals surface area contributed by atoms with Gasteiger partial charge in [0.05, 0.1) is 13.2 Å². The maximum atomic E-state index is 10.7. The number of carbonyl (C=O) groups is 1. The number of ether oxygens (including phenoxy) is 3. The zero-order chi connectivity index (χ0) is 16.2. The van der Waals surface area contributed by atoms with Crippen LogP contribution in [0.4, 0.5) is 0 Å². The van der Waals surface area contributed by atoms with Crippen molar-refractivity contribution in [3.05, 3.63) is 23.8 Å². The topological polar surface area (TPSA) is 68.3 Å². The van der Waals surface area contributed by atoms with Gasteiger partial charge in [0.25, 0.3) is 0 Å². The maximum absolute atomic E-state index is 10.7. The Morgan fingerprint density at radius 2 is 1.77 bits per heavy atom. The SMILES string of the molecule is CC(C=CC12O[C@]1(C)CC1(CC2(C)C)OCCO1)=CC(=O)O. The summed E-state index contributed by atoms with van der Waals surface area (Å²) >= 11 is 0. The van der Waals surface area contributed by atoms with Crippen molar-refractivity contribution in [1.82, 2.24) is 0 Å². The molecule has 1 aliphatic carbocycles. The van der Waals surface area contributed by atoms with E-state index in [4.69, 9.17) is 19.3 Å². The van der Waals surface area contributed by atoms with Gasteiger partial charge in [-0.25, -0.2) is 4.79 Å². The quantitative estimate of drug-likeness (QED) is 0.493. The van der Waals surface area contributed by atoms with E-state index in [0.29, 0.717) is 25.2 Å². The molecule has 0 bridgehead atoms. The number of allylic oxidation sites excluding steroid dienone is 2. The first-order valence-corrected chi connectivity index (χ1v) is 7.72. The van der Waals surface area contributed by atoms with E-state index in [1.807, 2.05) is 12.2 Å². The summed E-state index contributed by atoms with van der Waals surface area (Å²) < 4.78 is 18.0. The van der Waals surface area contributed by atoms with Crippen molar-refractivity contribution in [1.29, 1.82) is 0 Å². The molecule has 0 radical (unpaired) electrons. The van der Waals surface area contributed by atoms with E-state index in [0.717, 1.165) is 6.42 Å². The van der Waals surface area contributed by atoms with Crippen LogP contribution >= 0.6 is 0 Å². The van der Waals surface area contributed by atoms with Crippen molar-refractivity contribution in [3.63, 3.8) is 0 Å². The molecule has 122 valence electrons. The van der Waals surface area contributed by atoms with Crippen LogP contribution in [0.2, 0.25) is 0 Å². The number of carboxylic acids is 1. The van der Waals surface area contributed by atoms with E-state index < -0.39 is 17.4 Å². The molecular formula is C17H24O5. The van der Waals surface area contributed by atoms with Gasteiger partial charge >= 0.3 is 5.97 Å². The highest BCUT2D eigenvalue weighted by molar-refractivity contribution is 5.81. The van der Waals surface area contributed by atoms with Crippen LogP contribution in [-0.4, -0.2) is 41.3 Å². The van der Waals surface area contributed by atoms with Crippen LogP contribution in [-0.2, 0) is 19.0 Å². The Labute approximate surface area is 130 Å². The number of carboxylic acid groups (broad SMARTS) is 1. The summed E-state index contributed by atoms with van der Waals surface area (Å²) in [5, 5.41) is 8.81. The van der Waals surface area contributed by atoms with Crippen LogP contribution in [0.25, 0.3) is 0 Å². The third-order valence-electron chi connectivity index (χ3n) is 5.20. The Balaban J connectivity index is 1.86. The van der Waals surface area contributed by atoms with Gasteiger partial charge in [-0.1, -0.05) is 19.9 Å². The fourth-order valence-corrected chi connectivity index (χ4v) is 4.36. The van der Waals surface area contributed by atoms with Crippen LogP contribution in [0, 0.1) is 5.41 Å². The minimum absolute atomic E-state index is 0.162. The van der Waals surface area contributed by atoms with Gasteiger partial charge in [-0.2, -0.15) is 0 Å². The predicted molar refractivity (Wildman–Crippen MR) is 80.4 cm³/mol. The van der Waals surface area contributed by atoms with Gasteiger partial charge < -0.3 is 19.3 Å². The first-order valence-electron chi connectivity index (χ1n) is 7.72. The van der Waals surface area contributed by atoms with Crippen LogP contribution in [0.1, 0.15) is 40.5 Å². The molecule has 0 amide bonds. The third kappa shape index (κ3) is 2.23. The molecule has 22 heavy (non-hydrogen) atoms. The number of aliphatic carboxylic acids is 1. The van der Waals surface area contributed by atoms with Crippen LogP contribution in [0.3, 0.4) is 0 Å². The van der Waals surface area contributed by atoms with Crippen molar-refractivity contribution in [3.8, 4) is 0 Å². The zero-order valence-corrected chi connectivity index (χ0v) is 13.6. The van der Waals surface area contributed by atoms with E-state index in [2.05, 4.69) is 20.8 Å². The Kier molecular flexibility index (Phi) is 3.33. The molecule has 2 aliphatic heterocycles. The molecule has 0 aromatic carbocycles. The molecule has 1 N–H and O–H groups in total. The Morgan fingerprint density at radius 3 is 2.32 bits per heavy atom. The Morgan fingerprint density at radius 1 is 1.14 bits per heavy atom. The number of hydrogen-bond acceptors (Lipinski definition) is 4. The van der Waals surface area contributed by atoms with E-state index in [-0.39, 0.29) is 11.0 Å². The summed E-state index contributed by atoms with van der Waals surface area (Å²) in [7, 11) is 0. The monoisotopic (exact) mass is 308 g/mol. The highest BCUT2D eigenvalue weighted by Crippen LogP contribution is 2.69. The average molecular weight is 308 g/mol. The second-order valence-corrected chi connectivity index (χ2v) is 7.47. The lowest BCUT2D eigenvalue weighted by Crippen LogP contribution is -2.52. The summed E-state index contributed by atoms with van der Waals surface area (Å²) in [5.74, 6) is -1.47. The number of rotatable bonds is 3. The van der Waals surface area contributed by atoms with Crippen LogP contribution in [0.15, 0.2) is 23.8 Å². The molecule has 3 fully saturated rings. The molecule has 2 heterocycles. The summed E-state index contributed by atoms with van der Waals surface area (Å²) in [4.78, 5) is 10.7. The lowest BCUT2D eigenvalue weighted by Gasteiger charge is -2.45. The molecule has 2 atom stereocenters. The van der Waals surface area contributed by atoms with Crippen molar-refractivity contribution < 1.29 is 24.1 Å². The molecule has 2 saturated heterocycles. The van der Waals surface area contributed by atoms with Gasteiger partial charge in [0.1, 0.15) is 11.2 Å². The summed E-state index contributed by atoms with van der Waals surface area (Å²) in [6, 6.07) is 0. The molecule has 5 nitrogen and oxygen atoms in total. The first kappa shape index (κ1) is 15.7. The van der Waals surface area contributed by atoms with Gasteiger partial charge in [-0.05, 0) is 25.5 Å². The highest BCUT2D eigenvalue weighted by atomic mass is 16.7. The van der Waals surface area contributed by atoms with Gasteiger partial charge in [-0.3, -0.25) is 0 Å². The predicted octanol–water partition coefficient (Wildman–Crippen LogP) is 2.66. The summed E-state index contributed by atoms with van der Waals surface area (Å²) in [6.45, 7) is 9.45. The second kappa shape index (κ2) is 4.66. The third-order valence-corrected chi connectivity index (χ3v) is 5.20. The minimum Gasteiger partial charge on any atom is -0.478 e. The maximum Gasteiger partial charge on any atom is 0.328 e. The normalized spacial score (nSPS) is 39.2. The van der Waals surface area contributed by atoms with Gasteiger partial charge in [0, 0.05) is 24.3 Å². The minimum atomic E-state index is -0.936. The van der Waals surface area contributed by atoms with Crippen LogP contribution in [0.5, 0.6) is 0 Å². The molecular weight excluding hydrogens is 284 g/mol. The molecule has 1 saturated carbocycles. The molecule has 0 aromatic rings.